The first-order chi connectivity index (χ1) is 18.3. The van der Waals surface area contributed by atoms with Crippen molar-refractivity contribution in [3.8, 4) is 22.5 Å². The number of carboxylic acids is 2. The van der Waals surface area contributed by atoms with Gasteiger partial charge in [-0.25, -0.2) is 23.1 Å². The Kier molecular flexibility index (Phi) is 11.7. The van der Waals surface area contributed by atoms with Gasteiger partial charge in [-0.3, -0.25) is 0 Å². The lowest BCUT2D eigenvalue weighted by molar-refractivity contribution is -0.193. The number of nitrogens with zero attached hydrogens (tertiary/aromatic N) is 3. The number of halogens is 6. The highest BCUT2D eigenvalue weighted by Crippen LogP contribution is 2.35. The van der Waals surface area contributed by atoms with E-state index in [0.717, 1.165) is 11.1 Å². The largest absolute Gasteiger partial charge is 0.490 e. The van der Waals surface area contributed by atoms with Gasteiger partial charge in [0.1, 0.15) is 0 Å². The quantitative estimate of drug-likeness (QED) is 0.221. The number of tetrazole rings is 1. The first-order valence-corrected chi connectivity index (χ1v) is 11.9. The van der Waals surface area contributed by atoms with Crippen LogP contribution in [0.25, 0.3) is 22.5 Å². The maximum Gasteiger partial charge on any atom is 0.490 e. The Bertz CT molecular complexity index is 1350. The van der Waals surface area contributed by atoms with Gasteiger partial charge in [0.05, 0.1) is 10.5 Å². The number of rotatable bonds is 6. The first kappa shape index (κ1) is 33.9. The number of sulfonamides is 1. The molecule has 13 nitrogen and oxygen atoms in total. The van der Waals surface area contributed by atoms with E-state index in [-0.39, 0.29) is 16.6 Å². The molecule has 1 heterocycles. The molecule has 3 rings (SSSR count). The molecule has 0 aliphatic heterocycles. The van der Waals surface area contributed by atoms with Crippen LogP contribution in [0.2, 0.25) is 0 Å². The fourth-order valence-electron chi connectivity index (χ4n) is 2.81. The molecule has 3 aromatic rings. The lowest BCUT2D eigenvalue weighted by Gasteiger charge is -2.15. The zero-order valence-corrected chi connectivity index (χ0v) is 20.6. The lowest BCUT2D eigenvalue weighted by Crippen LogP contribution is -2.21. The van der Waals surface area contributed by atoms with E-state index in [1.54, 1.807) is 12.1 Å². The smallest absolute Gasteiger partial charge is 0.475 e. The van der Waals surface area contributed by atoms with Crippen molar-refractivity contribution in [2.75, 3.05) is 13.1 Å². The maximum atomic E-state index is 12.0. The van der Waals surface area contributed by atoms with Crippen molar-refractivity contribution in [3.63, 3.8) is 0 Å². The van der Waals surface area contributed by atoms with Gasteiger partial charge >= 0.3 is 24.3 Å². The molecule has 0 aliphatic carbocycles. The molecule has 0 amide bonds. The third-order valence-corrected chi connectivity index (χ3v) is 5.60. The molecule has 1 aromatic heterocycles. The van der Waals surface area contributed by atoms with Crippen LogP contribution in [0.4, 0.5) is 26.3 Å². The second-order valence-corrected chi connectivity index (χ2v) is 8.89. The molecule has 2 aromatic carbocycles. The number of aromatic nitrogens is 4. The fourth-order valence-corrected chi connectivity index (χ4v) is 3.56. The number of alkyl halides is 6. The molecule has 0 radical (unpaired) electrons. The van der Waals surface area contributed by atoms with Gasteiger partial charge in [0.2, 0.25) is 15.8 Å². The third-order valence-electron chi connectivity index (χ3n) is 4.65. The number of carboxylic acid groups (broad SMARTS) is 2. The van der Waals surface area contributed by atoms with Crippen molar-refractivity contribution in [3.05, 3.63) is 48.0 Å². The molecule has 0 saturated heterocycles. The number of carbonyl (C=O) groups is 2. The Labute approximate surface area is 221 Å². The molecule has 0 fully saturated rings. The minimum atomic E-state index is -5.08. The summed E-state index contributed by atoms with van der Waals surface area (Å²) in [6.07, 6.45) is -10.2. The van der Waals surface area contributed by atoms with Crippen LogP contribution in [0.3, 0.4) is 0 Å². The molecule has 0 unspecified atom stereocenters. The molecule has 0 spiro atoms. The first-order valence-electron chi connectivity index (χ1n) is 10.3. The Hall–Kier alpha value is -4.14. The van der Waals surface area contributed by atoms with E-state index < -0.39 is 34.3 Å². The van der Waals surface area contributed by atoms with Crippen molar-refractivity contribution in [1.29, 1.82) is 0 Å². The molecular formula is C20H21F6N7O6S. The molecule has 9 N–H and O–H groups in total. The van der Waals surface area contributed by atoms with Crippen LogP contribution in [-0.4, -0.2) is 76.6 Å². The van der Waals surface area contributed by atoms with E-state index in [1.807, 2.05) is 24.3 Å². The Balaban J connectivity index is 0.000000473. The molecule has 0 saturated carbocycles. The van der Waals surface area contributed by atoms with Crippen LogP contribution in [-0.2, 0) is 19.6 Å². The standard InChI is InChI=1S/C16H19N7O2S.2C2HF3O2/c17-8-12(9-18)10-4-6-11(7-5-10)13-2-1-3-14(26(19,24)25)15(13)16-20-22-23-21-16;2*3-2(4,5)1(6)7/h1-7,12H,8-9,17-18H2,(H2,19,24,25)(H,20,21,22,23);2*(H,6,7). The van der Waals surface area contributed by atoms with Gasteiger partial charge in [-0.1, -0.05) is 36.4 Å². The highest BCUT2D eigenvalue weighted by Gasteiger charge is 2.38. The summed E-state index contributed by atoms with van der Waals surface area (Å²) in [6.45, 7) is 0.899. The lowest BCUT2D eigenvalue weighted by atomic mass is 9.94. The minimum absolute atomic E-state index is 0.0662. The van der Waals surface area contributed by atoms with E-state index in [4.69, 9.17) is 36.4 Å². The molecule has 0 aliphatic rings. The number of aromatic amines is 1. The third kappa shape index (κ3) is 9.87. The number of hydrogen-bond acceptors (Lipinski definition) is 9. The van der Waals surface area contributed by atoms with E-state index >= 15 is 0 Å². The summed E-state index contributed by atoms with van der Waals surface area (Å²) in [6, 6.07) is 12.4. The minimum Gasteiger partial charge on any atom is -0.475 e. The van der Waals surface area contributed by atoms with Crippen LogP contribution >= 0.6 is 0 Å². The van der Waals surface area contributed by atoms with Gasteiger partial charge in [0.25, 0.3) is 0 Å². The number of aliphatic carboxylic acids is 2. The number of primary sulfonamides is 1. The van der Waals surface area contributed by atoms with Crippen molar-refractivity contribution in [2.45, 2.75) is 23.2 Å². The Morgan fingerprint density at radius 1 is 0.900 bits per heavy atom. The molecule has 0 bridgehead atoms. The zero-order valence-electron chi connectivity index (χ0n) is 19.8. The number of nitrogens with two attached hydrogens (primary N) is 3. The summed E-state index contributed by atoms with van der Waals surface area (Å²) >= 11 is 0. The SMILES string of the molecule is NCC(CN)c1ccc(-c2cccc(S(N)(=O)=O)c2-c2nn[nH]n2)cc1.O=C(O)C(F)(F)F.O=C(O)C(F)(F)F. The number of nitrogens with one attached hydrogen (secondary N) is 1. The zero-order chi connectivity index (χ0) is 30.9. The van der Waals surface area contributed by atoms with Gasteiger partial charge in [-0.05, 0) is 28.0 Å². The van der Waals surface area contributed by atoms with Gasteiger partial charge in [0, 0.05) is 19.0 Å². The summed E-state index contributed by atoms with van der Waals surface area (Å²) in [5.41, 5.74) is 14.2. The number of benzene rings is 2. The van der Waals surface area contributed by atoms with E-state index in [1.165, 1.54) is 6.07 Å². The van der Waals surface area contributed by atoms with Crippen LogP contribution in [0, 0.1) is 0 Å². The summed E-state index contributed by atoms with van der Waals surface area (Å²) in [4.78, 5) is 17.7. The summed E-state index contributed by atoms with van der Waals surface area (Å²) in [7, 11) is -3.97. The average Bonchev–Trinajstić information content (AvgIpc) is 3.39. The molecule has 0 atom stereocenters. The predicted octanol–water partition coefficient (Wildman–Crippen LogP) is 1.45. The van der Waals surface area contributed by atoms with Gasteiger partial charge in [0.15, 0.2) is 0 Å². The van der Waals surface area contributed by atoms with Crippen LogP contribution in [0.15, 0.2) is 47.4 Å². The van der Waals surface area contributed by atoms with Crippen LogP contribution < -0.4 is 16.6 Å². The highest BCUT2D eigenvalue weighted by atomic mass is 32.2. The van der Waals surface area contributed by atoms with Crippen LogP contribution in [0.1, 0.15) is 11.5 Å². The second-order valence-electron chi connectivity index (χ2n) is 7.36. The van der Waals surface area contributed by atoms with Gasteiger partial charge in [-0.2, -0.15) is 31.6 Å². The van der Waals surface area contributed by atoms with Crippen molar-refractivity contribution in [2.24, 2.45) is 16.6 Å². The van der Waals surface area contributed by atoms with E-state index in [0.29, 0.717) is 24.2 Å². The van der Waals surface area contributed by atoms with Crippen molar-refractivity contribution < 1.29 is 54.6 Å². The van der Waals surface area contributed by atoms with Crippen molar-refractivity contribution >= 4 is 22.0 Å². The average molecular weight is 601 g/mol. The van der Waals surface area contributed by atoms with E-state index in [9.17, 15) is 34.8 Å². The van der Waals surface area contributed by atoms with E-state index in [2.05, 4.69) is 20.6 Å². The van der Waals surface area contributed by atoms with Crippen LogP contribution in [0.5, 0.6) is 0 Å². The Morgan fingerprint density at radius 3 is 1.73 bits per heavy atom. The number of hydrogen-bond donors (Lipinski definition) is 6. The summed E-state index contributed by atoms with van der Waals surface area (Å²) < 4.78 is 87.5. The predicted molar refractivity (Wildman–Crippen MR) is 125 cm³/mol. The van der Waals surface area contributed by atoms with Gasteiger partial charge in [-0.15, -0.1) is 10.2 Å². The normalized spacial score (nSPS) is 11.7. The second kappa shape index (κ2) is 13.8. The molecule has 220 valence electrons. The summed E-state index contributed by atoms with van der Waals surface area (Å²) in [5.74, 6) is -5.30. The fraction of sp³-hybridized carbons (Fsp3) is 0.250. The van der Waals surface area contributed by atoms with Crippen molar-refractivity contribution in [1.82, 2.24) is 20.6 Å². The Morgan fingerprint density at radius 2 is 1.38 bits per heavy atom. The monoisotopic (exact) mass is 601 g/mol. The maximum absolute atomic E-state index is 12.0. The highest BCUT2D eigenvalue weighted by molar-refractivity contribution is 7.89. The summed E-state index contributed by atoms with van der Waals surface area (Å²) in [5, 5.41) is 33.3. The number of H-pyrrole nitrogens is 1. The molecule has 20 heteroatoms. The van der Waals surface area contributed by atoms with Gasteiger partial charge < -0.3 is 21.7 Å². The molecule has 40 heavy (non-hydrogen) atoms. The molecular weight excluding hydrogens is 580 g/mol. The topological polar surface area (TPSA) is 241 Å².